The molecule has 0 saturated carbocycles. The first kappa shape index (κ1) is 12.1. The smallest absolute Gasteiger partial charge is 0.225 e. The predicted molar refractivity (Wildman–Crippen MR) is 70.9 cm³/mol. The van der Waals surface area contributed by atoms with Crippen molar-refractivity contribution in [2.75, 3.05) is 23.7 Å². The fraction of sp³-hybridized carbons (Fsp3) is 0.692. The van der Waals surface area contributed by atoms with Gasteiger partial charge in [-0.05, 0) is 18.3 Å². The number of hydrogen-bond donors (Lipinski definition) is 1. The molecular formula is C13H22N4. The fourth-order valence-corrected chi connectivity index (χ4v) is 2.63. The zero-order valence-electron chi connectivity index (χ0n) is 10.8. The molecule has 1 aromatic rings. The highest BCUT2D eigenvalue weighted by molar-refractivity contribution is 5.38. The van der Waals surface area contributed by atoms with Gasteiger partial charge in [-0.25, -0.2) is 9.97 Å². The first-order chi connectivity index (χ1) is 8.19. The number of hydrogen-bond acceptors (Lipinski definition) is 4. The second-order valence-corrected chi connectivity index (χ2v) is 5.01. The van der Waals surface area contributed by atoms with Gasteiger partial charge >= 0.3 is 0 Å². The number of anilines is 2. The van der Waals surface area contributed by atoms with Crippen molar-refractivity contribution in [1.82, 2.24) is 9.97 Å². The van der Waals surface area contributed by atoms with Crippen LogP contribution < -0.4 is 10.6 Å². The molecule has 0 spiro atoms. The van der Waals surface area contributed by atoms with Gasteiger partial charge in [-0.2, -0.15) is 0 Å². The van der Waals surface area contributed by atoms with E-state index in [0.717, 1.165) is 19.0 Å². The molecule has 1 saturated heterocycles. The number of aromatic nitrogens is 2. The lowest BCUT2D eigenvalue weighted by molar-refractivity contribution is 0.199. The van der Waals surface area contributed by atoms with Crippen LogP contribution in [0.2, 0.25) is 0 Å². The molecular weight excluding hydrogens is 212 g/mol. The molecule has 0 atom stereocenters. The van der Waals surface area contributed by atoms with Gasteiger partial charge in [0.05, 0.1) is 18.1 Å². The molecule has 2 rings (SSSR count). The quantitative estimate of drug-likeness (QED) is 0.873. The minimum atomic E-state index is 0.546. The van der Waals surface area contributed by atoms with Gasteiger partial charge in [-0.3, -0.25) is 0 Å². The molecule has 4 nitrogen and oxygen atoms in total. The third kappa shape index (κ3) is 2.51. The van der Waals surface area contributed by atoms with Gasteiger partial charge in [-0.15, -0.1) is 0 Å². The van der Waals surface area contributed by atoms with Crippen molar-refractivity contribution in [2.24, 2.45) is 5.41 Å². The average Bonchev–Trinajstić information content (AvgIpc) is 2.40. The van der Waals surface area contributed by atoms with E-state index in [-0.39, 0.29) is 0 Å². The molecule has 0 aliphatic carbocycles. The van der Waals surface area contributed by atoms with E-state index in [9.17, 15) is 0 Å². The van der Waals surface area contributed by atoms with Gasteiger partial charge in [0.1, 0.15) is 0 Å². The van der Waals surface area contributed by atoms with Crippen LogP contribution in [0.15, 0.2) is 12.4 Å². The van der Waals surface area contributed by atoms with Crippen molar-refractivity contribution in [2.45, 2.75) is 39.5 Å². The highest BCUT2D eigenvalue weighted by Crippen LogP contribution is 2.38. The topological polar surface area (TPSA) is 55.0 Å². The van der Waals surface area contributed by atoms with Crippen molar-refractivity contribution >= 4 is 11.6 Å². The van der Waals surface area contributed by atoms with E-state index in [1.165, 1.54) is 25.7 Å². The molecule has 1 aliphatic rings. The summed E-state index contributed by atoms with van der Waals surface area (Å²) in [6, 6.07) is 0. The summed E-state index contributed by atoms with van der Waals surface area (Å²) in [4.78, 5) is 10.8. The van der Waals surface area contributed by atoms with Crippen LogP contribution in [0, 0.1) is 5.41 Å². The summed E-state index contributed by atoms with van der Waals surface area (Å²) >= 11 is 0. The minimum Gasteiger partial charge on any atom is -0.396 e. The van der Waals surface area contributed by atoms with Gasteiger partial charge in [0, 0.05) is 13.1 Å². The second-order valence-electron chi connectivity index (χ2n) is 5.01. The lowest BCUT2D eigenvalue weighted by Crippen LogP contribution is -2.40. The Morgan fingerprint density at radius 3 is 2.18 bits per heavy atom. The fourth-order valence-electron chi connectivity index (χ4n) is 2.63. The van der Waals surface area contributed by atoms with Crippen molar-refractivity contribution < 1.29 is 0 Å². The Hall–Kier alpha value is -1.32. The Balaban J connectivity index is 2.01. The van der Waals surface area contributed by atoms with Gasteiger partial charge in [-0.1, -0.05) is 26.7 Å². The maximum absolute atomic E-state index is 5.60. The summed E-state index contributed by atoms with van der Waals surface area (Å²) in [5, 5.41) is 0. The molecule has 1 aromatic heterocycles. The number of nitrogens with zero attached hydrogens (tertiary/aromatic N) is 3. The molecule has 2 heterocycles. The number of nitrogens with two attached hydrogens (primary N) is 1. The van der Waals surface area contributed by atoms with Crippen LogP contribution in [0.5, 0.6) is 0 Å². The van der Waals surface area contributed by atoms with E-state index in [1.807, 2.05) is 0 Å². The summed E-state index contributed by atoms with van der Waals surface area (Å²) in [6.07, 6.45) is 8.41. The highest BCUT2D eigenvalue weighted by Gasteiger charge is 2.31. The maximum Gasteiger partial charge on any atom is 0.225 e. The number of rotatable bonds is 3. The molecule has 0 bridgehead atoms. The summed E-state index contributed by atoms with van der Waals surface area (Å²) in [7, 11) is 0. The highest BCUT2D eigenvalue weighted by atomic mass is 15.3. The van der Waals surface area contributed by atoms with Crippen LogP contribution in [-0.2, 0) is 0 Å². The lowest BCUT2D eigenvalue weighted by atomic mass is 9.74. The molecule has 0 radical (unpaired) electrons. The first-order valence-corrected chi connectivity index (χ1v) is 6.51. The molecule has 1 fully saturated rings. The zero-order chi connectivity index (χ0) is 12.3. The van der Waals surface area contributed by atoms with Gasteiger partial charge in [0.25, 0.3) is 0 Å². The zero-order valence-corrected chi connectivity index (χ0v) is 10.8. The summed E-state index contributed by atoms with van der Waals surface area (Å²) in [6.45, 7) is 6.73. The van der Waals surface area contributed by atoms with Gasteiger partial charge in [0.15, 0.2) is 0 Å². The second kappa shape index (κ2) is 4.90. The van der Waals surface area contributed by atoms with E-state index in [2.05, 4.69) is 28.7 Å². The van der Waals surface area contributed by atoms with E-state index >= 15 is 0 Å². The molecule has 2 N–H and O–H groups in total. The van der Waals surface area contributed by atoms with E-state index in [4.69, 9.17) is 5.73 Å². The minimum absolute atomic E-state index is 0.546. The van der Waals surface area contributed by atoms with Crippen LogP contribution in [0.3, 0.4) is 0 Å². The van der Waals surface area contributed by atoms with Crippen LogP contribution in [0.25, 0.3) is 0 Å². The molecule has 0 unspecified atom stereocenters. The molecule has 1 aliphatic heterocycles. The predicted octanol–water partition coefficient (Wildman–Crippen LogP) is 2.47. The van der Waals surface area contributed by atoms with Crippen LogP contribution in [-0.4, -0.2) is 23.1 Å². The van der Waals surface area contributed by atoms with Crippen molar-refractivity contribution in [1.29, 1.82) is 0 Å². The van der Waals surface area contributed by atoms with Crippen molar-refractivity contribution in [3.63, 3.8) is 0 Å². The van der Waals surface area contributed by atoms with E-state index < -0.39 is 0 Å². The Morgan fingerprint density at radius 1 is 1.18 bits per heavy atom. The summed E-state index contributed by atoms with van der Waals surface area (Å²) in [5.74, 6) is 0.819. The first-order valence-electron chi connectivity index (χ1n) is 6.51. The van der Waals surface area contributed by atoms with Gasteiger partial charge in [0.2, 0.25) is 5.95 Å². The van der Waals surface area contributed by atoms with Crippen LogP contribution in [0.4, 0.5) is 11.6 Å². The molecule has 0 aromatic carbocycles. The normalized spacial score (nSPS) is 19.3. The molecule has 17 heavy (non-hydrogen) atoms. The van der Waals surface area contributed by atoms with Gasteiger partial charge < -0.3 is 10.6 Å². The van der Waals surface area contributed by atoms with Crippen LogP contribution >= 0.6 is 0 Å². The summed E-state index contributed by atoms with van der Waals surface area (Å²) in [5.41, 5.74) is 6.77. The SMILES string of the molecule is CCC1(CC)CCN(c2ncc(N)cn2)CC1. The standard InChI is InChI=1S/C13H22N4/c1-3-13(4-2)5-7-17(8-6-13)12-15-9-11(14)10-16-12/h9-10H,3-8,14H2,1-2H3. The van der Waals surface area contributed by atoms with Crippen LogP contribution in [0.1, 0.15) is 39.5 Å². The Bertz CT molecular complexity index is 346. The van der Waals surface area contributed by atoms with E-state index in [1.54, 1.807) is 12.4 Å². The van der Waals surface area contributed by atoms with Crippen molar-refractivity contribution in [3.8, 4) is 0 Å². The number of piperidine rings is 1. The summed E-state index contributed by atoms with van der Waals surface area (Å²) < 4.78 is 0. The molecule has 0 amide bonds. The Labute approximate surface area is 103 Å². The largest absolute Gasteiger partial charge is 0.396 e. The Morgan fingerprint density at radius 2 is 1.71 bits per heavy atom. The lowest BCUT2D eigenvalue weighted by Gasteiger charge is -2.40. The van der Waals surface area contributed by atoms with E-state index in [0.29, 0.717) is 11.1 Å². The molecule has 4 heteroatoms. The monoisotopic (exact) mass is 234 g/mol. The van der Waals surface area contributed by atoms with Crippen molar-refractivity contribution in [3.05, 3.63) is 12.4 Å². The Kier molecular flexibility index (Phi) is 3.50. The molecule has 94 valence electrons. The maximum atomic E-state index is 5.60. The number of nitrogen functional groups attached to an aromatic ring is 1. The average molecular weight is 234 g/mol. The third-order valence-corrected chi connectivity index (χ3v) is 4.27. The third-order valence-electron chi connectivity index (χ3n) is 4.27.